The zero-order chi connectivity index (χ0) is 34.0. The highest BCUT2D eigenvalue weighted by Crippen LogP contribution is 2.32. The van der Waals surface area contributed by atoms with Crippen molar-refractivity contribution < 1.29 is 22.8 Å². The van der Waals surface area contributed by atoms with E-state index in [1.807, 2.05) is 6.07 Å². The van der Waals surface area contributed by atoms with Gasteiger partial charge in [0.1, 0.15) is 11.7 Å². The number of hydrogen-bond acceptors (Lipinski definition) is 6. The molecular formula is C33H35F3N8O3. The summed E-state index contributed by atoms with van der Waals surface area (Å²) in [6.45, 7) is 5.43. The molecule has 1 fully saturated rings. The van der Waals surface area contributed by atoms with Gasteiger partial charge in [0.25, 0.3) is 0 Å². The van der Waals surface area contributed by atoms with Gasteiger partial charge in [-0.2, -0.15) is 23.5 Å². The molecule has 2 amide bonds. The lowest BCUT2D eigenvalue weighted by atomic mass is 9.96. The van der Waals surface area contributed by atoms with Crippen LogP contribution in [0.15, 0.2) is 65.6 Å². The van der Waals surface area contributed by atoms with Crippen LogP contribution in [0, 0.1) is 24.2 Å². The van der Waals surface area contributed by atoms with Gasteiger partial charge in [0.05, 0.1) is 46.2 Å². The summed E-state index contributed by atoms with van der Waals surface area (Å²) < 4.78 is 44.2. The highest BCUT2D eigenvalue weighted by Gasteiger charge is 2.33. The SMILES string of the molecule is Cc1c(-c2ccnn2-c2ccc(C#N)cc2)n(C(=O)N[C@@H](C)C(=O)N(C)CC2CCN(C)CC2)c(=O)n1-c1cccc(C(F)(F)F)c1. The van der Waals surface area contributed by atoms with E-state index in [1.54, 1.807) is 42.3 Å². The summed E-state index contributed by atoms with van der Waals surface area (Å²) in [6.07, 6.45) is -1.32. The van der Waals surface area contributed by atoms with Crippen molar-refractivity contribution in [1.82, 2.24) is 34.0 Å². The van der Waals surface area contributed by atoms with E-state index in [0.717, 1.165) is 47.2 Å². The minimum absolute atomic E-state index is 0.0612. The minimum atomic E-state index is -4.67. The summed E-state index contributed by atoms with van der Waals surface area (Å²) in [5, 5.41) is 16.2. The number of nitrogens with zero attached hydrogens (tertiary/aromatic N) is 7. The van der Waals surface area contributed by atoms with E-state index in [2.05, 4.69) is 22.4 Å². The summed E-state index contributed by atoms with van der Waals surface area (Å²) >= 11 is 0. The minimum Gasteiger partial charge on any atom is -0.344 e. The van der Waals surface area contributed by atoms with E-state index in [1.165, 1.54) is 36.9 Å². The van der Waals surface area contributed by atoms with Crippen molar-refractivity contribution >= 4 is 11.9 Å². The first-order valence-electron chi connectivity index (χ1n) is 15.1. The van der Waals surface area contributed by atoms with Crippen LogP contribution >= 0.6 is 0 Å². The van der Waals surface area contributed by atoms with Crippen molar-refractivity contribution in [2.45, 2.75) is 38.9 Å². The van der Waals surface area contributed by atoms with E-state index in [4.69, 9.17) is 0 Å². The van der Waals surface area contributed by atoms with Crippen molar-refractivity contribution in [3.63, 3.8) is 0 Å². The van der Waals surface area contributed by atoms with E-state index in [-0.39, 0.29) is 28.7 Å². The highest BCUT2D eigenvalue weighted by molar-refractivity contribution is 5.89. The number of aromatic nitrogens is 4. The Morgan fingerprint density at radius 2 is 1.79 bits per heavy atom. The summed E-state index contributed by atoms with van der Waals surface area (Å²) in [5.74, 6) is -0.0209. The predicted molar refractivity (Wildman–Crippen MR) is 168 cm³/mol. The summed E-state index contributed by atoms with van der Waals surface area (Å²) in [7, 11) is 3.73. The Morgan fingerprint density at radius 1 is 1.11 bits per heavy atom. The van der Waals surface area contributed by atoms with Crippen LogP contribution in [-0.4, -0.2) is 80.4 Å². The van der Waals surface area contributed by atoms with E-state index in [0.29, 0.717) is 23.7 Å². The Bertz CT molecular complexity index is 1880. The third kappa shape index (κ3) is 6.85. The molecule has 2 aromatic heterocycles. The number of likely N-dealkylation sites (N-methyl/N-ethyl adjacent to an activating group) is 1. The fraction of sp³-hybridized carbons (Fsp3) is 0.364. The molecule has 1 aliphatic rings. The van der Waals surface area contributed by atoms with Gasteiger partial charge in [0.15, 0.2) is 0 Å². The molecule has 1 atom stereocenters. The molecule has 5 rings (SSSR count). The standard InChI is InChI=1S/C33H35F3N8O3/c1-21(30(45)41(4)20-24-13-16-40(3)17-14-24)39-31(46)43-29(28-12-15-38-44(28)26-10-8-23(19-37)9-11-26)22(2)42(32(43)47)27-7-5-6-25(18-27)33(34,35)36/h5-12,15,18,21,24H,13-14,16-17,20H2,1-4H3,(H,39,46)/t21-/m0/s1. The van der Waals surface area contributed by atoms with Crippen LogP contribution < -0.4 is 11.0 Å². The molecule has 1 saturated heterocycles. The summed E-state index contributed by atoms with van der Waals surface area (Å²) in [5.41, 5.74) is -0.566. The largest absolute Gasteiger partial charge is 0.416 e. The van der Waals surface area contributed by atoms with Crippen molar-refractivity contribution in [1.29, 1.82) is 5.26 Å². The molecule has 1 N–H and O–H groups in total. The fourth-order valence-electron chi connectivity index (χ4n) is 5.95. The van der Waals surface area contributed by atoms with Crippen LogP contribution in [-0.2, 0) is 11.0 Å². The van der Waals surface area contributed by atoms with Crippen LogP contribution in [0.25, 0.3) is 22.8 Å². The number of nitriles is 1. The Kier molecular flexibility index (Phi) is 9.39. The number of benzene rings is 2. The van der Waals surface area contributed by atoms with Crippen LogP contribution in [0.4, 0.5) is 18.0 Å². The molecule has 4 aromatic rings. The molecular weight excluding hydrogens is 613 g/mol. The van der Waals surface area contributed by atoms with E-state index < -0.39 is 29.5 Å². The van der Waals surface area contributed by atoms with Gasteiger partial charge in [-0.1, -0.05) is 6.07 Å². The van der Waals surface area contributed by atoms with Crippen molar-refractivity contribution in [2.24, 2.45) is 5.92 Å². The molecule has 1 aliphatic heterocycles. The average molecular weight is 649 g/mol. The molecule has 0 aliphatic carbocycles. The van der Waals surface area contributed by atoms with E-state index in [9.17, 15) is 32.8 Å². The van der Waals surface area contributed by atoms with Gasteiger partial charge in [-0.3, -0.25) is 9.36 Å². The first-order chi connectivity index (χ1) is 22.3. The molecule has 0 spiro atoms. The Balaban J connectivity index is 1.55. The third-order valence-electron chi connectivity index (χ3n) is 8.50. The third-order valence-corrected chi connectivity index (χ3v) is 8.50. The highest BCUT2D eigenvalue weighted by atomic mass is 19.4. The lowest BCUT2D eigenvalue weighted by Crippen LogP contribution is -2.50. The molecule has 0 radical (unpaired) electrons. The van der Waals surface area contributed by atoms with Crippen LogP contribution in [0.3, 0.4) is 0 Å². The lowest BCUT2D eigenvalue weighted by Gasteiger charge is -2.32. The number of nitrogens with one attached hydrogen (secondary N) is 1. The fourth-order valence-corrected chi connectivity index (χ4v) is 5.95. The van der Waals surface area contributed by atoms with Crippen molar-refractivity contribution in [3.05, 3.63) is 88.1 Å². The topological polar surface area (TPSA) is 121 Å². The number of amides is 2. The molecule has 2 aromatic carbocycles. The number of rotatable bonds is 7. The average Bonchev–Trinajstić information content (AvgIpc) is 3.62. The first kappa shape index (κ1) is 33.2. The number of imidazole rings is 1. The number of halogens is 3. The molecule has 0 bridgehead atoms. The molecule has 0 saturated carbocycles. The van der Waals surface area contributed by atoms with E-state index >= 15 is 0 Å². The predicted octanol–water partition coefficient (Wildman–Crippen LogP) is 4.44. The molecule has 0 unspecified atom stereocenters. The van der Waals surface area contributed by atoms with Gasteiger partial charge in [0.2, 0.25) is 5.91 Å². The Morgan fingerprint density at radius 3 is 2.43 bits per heavy atom. The number of hydrogen-bond donors (Lipinski definition) is 1. The second kappa shape index (κ2) is 13.3. The van der Waals surface area contributed by atoms with Crippen LogP contribution in [0.2, 0.25) is 0 Å². The maximum absolute atomic E-state index is 14.0. The van der Waals surface area contributed by atoms with Gasteiger partial charge >= 0.3 is 17.9 Å². The first-order valence-corrected chi connectivity index (χ1v) is 15.1. The van der Waals surface area contributed by atoms with Gasteiger partial charge in [-0.15, -0.1) is 0 Å². The molecule has 14 heteroatoms. The Hall–Kier alpha value is -5.16. The number of alkyl halides is 3. The summed E-state index contributed by atoms with van der Waals surface area (Å²) in [6, 6.07) is 12.3. The maximum atomic E-state index is 14.0. The number of carbonyl (C=O) groups is 2. The van der Waals surface area contributed by atoms with Crippen molar-refractivity contribution in [3.8, 4) is 28.8 Å². The number of piperidine rings is 1. The summed E-state index contributed by atoms with van der Waals surface area (Å²) in [4.78, 5) is 45.1. The smallest absolute Gasteiger partial charge is 0.344 e. The normalized spacial score (nSPS) is 14.9. The monoisotopic (exact) mass is 648 g/mol. The Labute approximate surface area is 269 Å². The lowest BCUT2D eigenvalue weighted by molar-refractivity contribution is -0.137. The molecule has 3 heterocycles. The second-order valence-corrected chi connectivity index (χ2v) is 11.9. The number of carbonyl (C=O) groups excluding carboxylic acids is 2. The molecule has 11 nitrogen and oxygen atoms in total. The van der Waals surface area contributed by atoms with Crippen LogP contribution in [0.1, 0.15) is 36.6 Å². The van der Waals surface area contributed by atoms with Gasteiger partial charge in [-0.05, 0) is 101 Å². The maximum Gasteiger partial charge on any atom is 0.416 e. The molecule has 246 valence electrons. The molecule has 47 heavy (non-hydrogen) atoms. The van der Waals surface area contributed by atoms with Gasteiger partial charge in [-0.25, -0.2) is 18.8 Å². The zero-order valence-corrected chi connectivity index (χ0v) is 26.5. The second-order valence-electron chi connectivity index (χ2n) is 11.9. The van der Waals surface area contributed by atoms with Gasteiger partial charge in [0, 0.05) is 13.6 Å². The van der Waals surface area contributed by atoms with Crippen molar-refractivity contribution in [2.75, 3.05) is 33.7 Å². The van der Waals surface area contributed by atoms with Gasteiger partial charge < -0.3 is 15.1 Å². The zero-order valence-electron chi connectivity index (χ0n) is 26.5. The van der Waals surface area contributed by atoms with Crippen LogP contribution in [0.5, 0.6) is 0 Å². The number of likely N-dealkylation sites (tertiary alicyclic amines) is 1. The quantitative estimate of drug-likeness (QED) is 0.317.